The van der Waals surface area contributed by atoms with E-state index in [0.717, 1.165) is 12.1 Å². The fraction of sp³-hybridized carbons (Fsp3) is 0.421. The van der Waals surface area contributed by atoms with Gasteiger partial charge < -0.3 is 19.5 Å². The molecule has 8 nitrogen and oxygen atoms in total. The fourth-order valence-corrected chi connectivity index (χ4v) is 5.08. The highest BCUT2D eigenvalue weighted by molar-refractivity contribution is 8.00. The van der Waals surface area contributed by atoms with E-state index >= 15 is 0 Å². The Hall–Kier alpha value is -2.17. The van der Waals surface area contributed by atoms with Gasteiger partial charge in [-0.1, -0.05) is 18.7 Å². The first kappa shape index (κ1) is 20.1. The van der Waals surface area contributed by atoms with Crippen LogP contribution in [0.2, 0.25) is 0 Å². The van der Waals surface area contributed by atoms with Crippen molar-refractivity contribution in [2.24, 2.45) is 0 Å². The number of hydrogen-bond donors (Lipinski definition) is 1. The third kappa shape index (κ3) is 4.39. The van der Waals surface area contributed by atoms with Crippen molar-refractivity contribution in [1.29, 1.82) is 0 Å². The summed E-state index contributed by atoms with van der Waals surface area (Å²) in [4.78, 5) is 30.7. The Kier molecular flexibility index (Phi) is 6.02. The second kappa shape index (κ2) is 8.68. The minimum absolute atomic E-state index is 0.0555. The molecule has 1 N–H and O–H groups in total. The monoisotopic (exact) mass is 435 g/mol. The maximum absolute atomic E-state index is 12.9. The van der Waals surface area contributed by atoms with E-state index in [0.29, 0.717) is 45.6 Å². The predicted octanol–water partition coefficient (Wildman–Crippen LogP) is 2.39. The van der Waals surface area contributed by atoms with E-state index in [4.69, 9.17) is 14.2 Å². The summed E-state index contributed by atoms with van der Waals surface area (Å²) in [7, 11) is 1.59. The van der Waals surface area contributed by atoms with Crippen molar-refractivity contribution < 1.29 is 19.0 Å². The number of nitrogens with zero attached hydrogens (tertiary/aromatic N) is 2. The quantitative estimate of drug-likeness (QED) is 0.524. The Morgan fingerprint density at radius 3 is 3.07 bits per heavy atom. The van der Waals surface area contributed by atoms with E-state index in [-0.39, 0.29) is 24.0 Å². The zero-order valence-electron chi connectivity index (χ0n) is 16.1. The summed E-state index contributed by atoms with van der Waals surface area (Å²) >= 11 is 2.81. The topological polar surface area (TPSA) is 91.7 Å². The van der Waals surface area contributed by atoms with Crippen molar-refractivity contribution in [2.45, 2.75) is 35.2 Å². The molecular formula is C19H21N3O5S2. The molecule has 2 aliphatic rings. The molecule has 3 heterocycles. The maximum Gasteiger partial charge on any atom is 0.268 e. The van der Waals surface area contributed by atoms with Gasteiger partial charge in [0.2, 0.25) is 12.7 Å². The zero-order chi connectivity index (χ0) is 20.4. The van der Waals surface area contributed by atoms with Gasteiger partial charge in [0.1, 0.15) is 0 Å². The summed E-state index contributed by atoms with van der Waals surface area (Å²) in [5.74, 6) is 1.21. The first-order valence-electron chi connectivity index (χ1n) is 9.16. The molecule has 0 radical (unpaired) electrons. The minimum Gasteiger partial charge on any atom is -0.454 e. The van der Waals surface area contributed by atoms with Gasteiger partial charge in [0, 0.05) is 30.5 Å². The van der Waals surface area contributed by atoms with Crippen LogP contribution in [0.25, 0.3) is 0 Å². The second-order valence-corrected chi connectivity index (χ2v) is 9.05. The minimum atomic E-state index is -0.190. The third-order valence-electron chi connectivity index (χ3n) is 4.47. The first-order chi connectivity index (χ1) is 14.0. The summed E-state index contributed by atoms with van der Waals surface area (Å²) in [6.07, 6.45) is 0.761. The lowest BCUT2D eigenvalue weighted by atomic mass is 10.2. The standard InChI is InChI=1S/C19H21N3O5S2/c1-11-7-13-17(29-11)18(24)22(5-6-25-2)19(21-13)28-9-16(23)20-12-3-4-14-15(8-12)27-10-26-14/h3-4,8,11H,5-7,9-10H2,1-2H3,(H,20,23)/t11-/m1/s1. The molecule has 0 fully saturated rings. The van der Waals surface area contributed by atoms with Gasteiger partial charge >= 0.3 is 0 Å². The van der Waals surface area contributed by atoms with Gasteiger partial charge in [-0.15, -0.1) is 11.8 Å². The molecule has 0 spiro atoms. The van der Waals surface area contributed by atoms with Crippen LogP contribution in [-0.4, -0.2) is 47.0 Å². The summed E-state index contributed by atoms with van der Waals surface area (Å²) in [5.41, 5.74) is 1.39. The van der Waals surface area contributed by atoms with Gasteiger partial charge in [-0.05, 0) is 12.1 Å². The number of thioether (sulfide) groups is 2. The molecule has 0 aliphatic carbocycles. The highest BCUT2D eigenvalue weighted by Gasteiger charge is 2.26. The van der Waals surface area contributed by atoms with Gasteiger partial charge in [-0.2, -0.15) is 0 Å². The van der Waals surface area contributed by atoms with Gasteiger partial charge in [0.05, 0.1) is 29.5 Å². The van der Waals surface area contributed by atoms with Crippen LogP contribution in [0, 0.1) is 0 Å². The third-order valence-corrected chi connectivity index (χ3v) is 6.66. The normalized spacial score (nSPS) is 16.7. The highest BCUT2D eigenvalue weighted by Crippen LogP contribution is 2.35. The maximum atomic E-state index is 12.9. The Labute approximate surface area is 176 Å². The molecule has 1 atom stereocenters. The number of anilines is 1. The van der Waals surface area contributed by atoms with E-state index in [1.165, 1.54) is 11.8 Å². The van der Waals surface area contributed by atoms with Crippen LogP contribution in [0.1, 0.15) is 12.6 Å². The van der Waals surface area contributed by atoms with Crippen LogP contribution in [0.4, 0.5) is 5.69 Å². The van der Waals surface area contributed by atoms with E-state index < -0.39 is 0 Å². The lowest BCUT2D eigenvalue weighted by molar-refractivity contribution is -0.113. The number of benzene rings is 1. The molecule has 29 heavy (non-hydrogen) atoms. The van der Waals surface area contributed by atoms with Crippen LogP contribution in [0.5, 0.6) is 11.5 Å². The van der Waals surface area contributed by atoms with Gasteiger partial charge in [-0.25, -0.2) is 4.98 Å². The van der Waals surface area contributed by atoms with Crippen LogP contribution in [-0.2, 0) is 22.5 Å². The Morgan fingerprint density at radius 1 is 1.41 bits per heavy atom. The Balaban J connectivity index is 1.47. The molecule has 1 aromatic heterocycles. The number of methoxy groups -OCH3 is 1. The summed E-state index contributed by atoms with van der Waals surface area (Å²) in [6.45, 7) is 3.06. The molecule has 0 unspecified atom stereocenters. The highest BCUT2D eigenvalue weighted by atomic mass is 32.2. The van der Waals surface area contributed by atoms with Gasteiger partial charge in [-0.3, -0.25) is 14.2 Å². The summed E-state index contributed by atoms with van der Waals surface area (Å²) in [6, 6.07) is 5.25. The van der Waals surface area contributed by atoms with Gasteiger partial charge in [0.15, 0.2) is 16.7 Å². The number of ether oxygens (including phenoxy) is 3. The smallest absolute Gasteiger partial charge is 0.268 e. The molecule has 0 bridgehead atoms. The number of amides is 1. The summed E-state index contributed by atoms with van der Waals surface area (Å²) < 4.78 is 17.3. The molecule has 154 valence electrons. The molecule has 4 rings (SSSR count). The lowest BCUT2D eigenvalue weighted by Gasteiger charge is -2.13. The molecule has 1 aromatic carbocycles. The van der Waals surface area contributed by atoms with Crippen LogP contribution >= 0.6 is 23.5 Å². The van der Waals surface area contributed by atoms with E-state index in [1.54, 1.807) is 41.6 Å². The molecule has 2 aromatic rings. The van der Waals surface area contributed by atoms with Crippen LogP contribution in [0.15, 0.2) is 33.0 Å². The Morgan fingerprint density at radius 2 is 2.24 bits per heavy atom. The van der Waals surface area contributed by atoms with Crippen molar-refractivity contribution in [3.05, 3.63) is 34.2 Å². The van der Waals surface area contributed by atoms with Gasteiger partial charge in [0.25, 0.3) is 5.56 Å². The number of aromatic nitrogens is 2. The number of rotatable bonds is 7. The van der Waals surface area contributed by atoms with Crippen molar-refractivity contribution in [3.8, 4) is 11.5 Å². The van der Waals surface area contributed by atoms with Crippen LogP contribution in [0.3, 0.4) is 0 Å². The van der Waals surface area contributed by atoms with Crippen molar-refractivity contribution in [2.75, 3.05) is 31.6 Å². The van der Waals surface area contributed by atoms with Crippen LogP contribution < -0.4 is 20.3 Å². The Bertz CT molecular complexity index is 995. The first-order valence-corrected chi connectivity index (χ1v) is 11.0. The second-order valence-electron chi connectivity index (χ2n) is 6.66. The largest absolute Gasteiger partial charge is 0.454 e. The number of carbonyl (C=O) groups is 1. The molecule has 0 saturated heterocycles. The molecule has 2 aliphatic heterocycles. The summed E-state index contributed by atoms with van der Waals surface area (Å²) in [5, 5.41) is 3.71. The predicted molar refractivity (Wildman–Crippen MR) is 111 cm³/mol. The van der Waals surface area contributed by atoms with Crippen molar-refractivity contribution in [1.82, 2.24) is 9.55 Å². The lowest BCUT2D eigenvalue weighted by Crippen LogP contribution is -2.27. The van der Waals surface area contributed by atoms with Crippen molar-refractivity contribution >= 4 is 35.1 Å². The van der Waals surface area contributed by atoms with Crippen molar-refractivity contribution in [3.63, 3.8) is 0 Å². The molecule has 1 amide bonds. The molecular weight excluding hydrogens is 414 g/mol. The van der Waals surface area contributed by atoms with E-state index in [9.17, 15) is 9.59 Å². The number of carbonyl (C=O) groups excluding carboxylic acids is 1. The zero-order valence-corrected chi connectivity index (χ0v) is 17.7. The van der Waals surface area contributed by atoms with E-state index in [1.807, 2.05) is 0 Å². The molecule has 0 saturated carbocycles. The van der Waals surface area contributed by atoms with E-state index in [2.05, 4.69) is 17.2 Å². The number of hydrogen-bond acceptors (Lipinski definition) is 8. The fourth-order valence-electron chi connectivity index (χ4n) is 3.12. The molecule has 10 heteroatoms. The SMILES string of the molecule is COCCn1c(SCC(=O)Nc2ccc3c(c2)OCO3)nc2c(c1=O)S[C@H](C)C2. The number of nitrogens with one attached hydrogen (secondary N) is 1. The number of fused-ring (bicyclic) bond motifs is 2. The average Bonchev–Trinajstić information content (AvgIpc) is 3.31. The average molecular weight is 436 g/mol.